The number of carbonyl (C=O) groups excluding carboxylic acids is 1. The molecule has 60 valence electrons. The van der Waals surface area contributed by atoms with Gasteiger partial charge in [-0.15, -0.1) is 11.3 Å². The lowest BCUT2D eigenvalue weighted by molar-refractivity contribution is 0.103. The molecule has 0 fully saturated rings. The number of carbonyl (C=O) groups is 1. The summed E-state index contributed by atoms with van der Waals surface area (Å²) in [7, 11) is 0. The molecule has 0 amide bonds. The molecule has 0 saturated carbocycles. The first-order valence-electron chi connectivity index (χ1n) is 3.23. The van der Waals surface area contributed by atoms with Gasteiger partial charge < -0.3 is 0 Å². The molecular weight excluding hydrogens is 192 g/mol. The van der Waals surface area contributed by atoms with Crippen molar-refractivity contribution in [2.75, 3.05) is 0 Å². The van der Waals surface area contributed by atoms with Gasteiger partial charge in [-0.2, -0.15) is 8.75 Å². The molecule has 2 aromatic rings. The van der Waals surface area contributed by atoms with Crippen molar-refractivity contribution >= 4 is 28.8 Å². The second kappa shape index (κ2) is 3.12. The van der Waals surface area contributed by atoms with Crippen LogP contribution in [0.3, 0.4) is 0 Å². The third-order valence-corrected chi connectivity index (χ3v) is 2.69. The number of hydrogen-bond acceptors (Lipinski definition) is 5. The second-order valence-electron chi connectivity index (χ2n) is 2.10. The molecule has 3 nitrogen and oxygen atoms in total. The highest BCUT2D eigenvalue weighted by atomic mass is 32.1. The molecule has 5 heteroatoms. The van der Waals surface area contributed by atoms with Crippen molar-refractivity contribution in [3.63, 3.8) is 0 Å². The molecule has 0 unspecified atom stereocenters. The molecule has 0 aliphatic rings. The predicted octanol–water partition coefficient (Wildman–Crippen LogP) is 1.83. The summed E-state index contributed by atoms with van der Waals surface area (Å²) in [5.41, 5.74) is 0.433. The molecule has 0 atom stereocenters. The highest BCUT2D eigenvalue weighted by Crippen LogP contribution is 2.13. The van der Waals surface area contributed by atoms with Gasteiger partial charge in [-0.25, -0.2) is 0 Å². The van der Waals surface area contributed by atoms with Crippen molar-refractivity contribution in [3.8, 4) is 0 Å². The molecule has 0 radical (unpaired) electrons. The third-order valence-electron chi connectivity index (χ3n) is 1.34. The van der Waals surface area contributed by atoms with Gasteiger partial charge >= 0.3 is 0 Å². The first kappa shape index (κ1) is 7.57. The van der Waals surface area contributed by atoms with Crippen LogP contribution < -0.4 is 0 Å². The number of nitrogens with zero attached hydrogens (tertiary/aromatic N) is 2. The summed E-state index contributed by atoms with van der Waals surface area (Å²) in [6.07, 6.45) is 1.49. The summed E-state index contributed by atoms with van der Waals surface area (Å²) in [6.45, 7) is 0. The smallest absolute Gasteiger partial charge is 0.224 e. The average molecular weight is 196 g/mol. The third kappa shape index (κ3) is 1.28. The van der Waals surface area contributed by atoms with E-state index in [2.05, 4.69) is 8.75 Å². The van der Waals surface area contributed by atoms with E-state index in [4.69, 9.17) is 0 Å². The van der Waals surface area contributed by atoms with Gasteiger partial charge in [-0.3, -0.25) is 4.79 Å². The van der Waals surface area contributed by atoms with Crippen LogP contribution in [0.4, 0.5) is 0 Å². The van der Waals surface area contributed by atoms with Gasteiger partial charge in [0.05, 0.1) is 22.8 Å². The molecule has 0 N–H and O–H groups in total. The summed E-state index contributed by atoms with van der Waals surface area (Å²) in [4.78, 5) is 12.2. The summed E-state index contributed by atoms with van der Waals surface area (Å²) >= 11 is 2.47. The van der Waals surface area contributed by atoms with E-state index in [0.29, 0.717) is 10.6 Å². The first-order chi connectivity index (χ1) is 5.88. The van der Waals surface area contributed by atoms with Crippen LogP contribution in [-0.4, -0.2) is 14.5 Å². The predicted molar refractivity (Wildman–Crippen MR) is 47.7 cm³/mol. The molecule has 12 heavy (non-hydrogen) atoms. The van der Waals surface area contributed by atoms with E-state index >= 15 is 0 Å². The number of aromatic nitrogens is 2. The van der Waals surface area contributed by atoms with Gasteiger partial charge in [0.2, 0.25) is 5.78 Å². The number of rotatable bonds is 2. The van der Waals surface area contributed by atoms with E-state index < -0.39 is 0 Å². The van der Waals surface area contributed by atoms with Crippen LogP contribution in [0.15, 0.2) is 23.7 Å². The molecule has 0 aromatic carbocycles. The van der Waals surface area contributed by atoms with Gasteiger partial charge in [0.1, 0.15) is 5.69 Å². The van der Waals surface area contributed by atoms with Crippen LogP contribution in [0.25, 0.3) is 0 Å². The Morgan fingerprint density at radius 2 is 2.42 bits per heavy atom. The van der Waals surface area contributed by atoms with Crippen LogP contribution in [0.1, 0.15) is 15.4 Å². The first-order valence-corrected chi connectivity index (χ1v) is 4.84. The zero-order chi connectivity index (χ0) is 8.39. The van der Waals surface area contributed by atoms with E-state index in [1.54, 1.807) is 6.07 Å². The van der Waals surface area contributed by atoms with Crippen molar-refractivity contribution in [2.24, 2.45) is 0 Å². The molecule has 0 spiro atoms. The summed E-state index contributed by atoms with van der Waals surface area (Å²) < 4.78 is 7.63. The van der Waals surface area contributed by atoms with Crippen molar-refractivity contribution in [1.82, 2.24) is 8.75 Å². The van der Waals surface area contributed by atoms with E-state index in [0.717, 1.165) is 11.7 Å². The summed E-state index contributed by atoms with van der Waals surface area (Å²) in [6, 6.07) is 3.63. The van der Waals surface area contributed by atoms with Crippen LogP contribution in [0.5, 0.6) is 0 Å². The SMILES string of the molecule is O=C(c1cnsn1)c1cccs1. The van der Waals surface area contributed by atoms with Gasteiger partial charge in [-0.05, 0) is 11.4 Å². The maximum atomic E-state index is 11.5. The Bertz CT molecular complexity index is 330. The number of hydrogen-bond donors (Lipinski definition) is 0. The van der Waals surface area contributed by atoms with Gasteiger partial charge in [0, 0.05) is 0 Å². The molecular formula is C7H4N2OS2. The monoisotopic (exact) mass is 196 g/mol. The molecule has 0 saturated heterocycles. The summed E-state index contributed by atoms with van der Waals surface area (Å²) in [5.74, 6) is -0.0428. The fraction of sp³-hybridized carbons (Fsp3) is 0. The minimum Gasteiger partial charge on any atom is -0.286 e. The number of ketones is 1. The lowest BCUT2D eigenvalue weighted by atomic mass is 10.2. The lowest BCUT2D eigenvalue weighted by Crippen LogP contribution is -1.97. The Morgan fingerprint density at radius 3 is 3.00 bits per heavy atom. The minimum atomic E-state index is -0.0428. The Kier molecular flexibility index (Phi) is 1.97. The zero-order valence-electron chi connectivity index (χ0n) is 5.93. The lowest BCUT2D eigenvalue weighted by Gasteiger charge is -1.87. The average Bonchev–Trinajstić information content (AvgIpc) is 2.77. The van der Waals surface area contributed by atoms with Crippen LogP contribution in [0.2, 0.25) is 0 Å². The fourth-order valence-electron chi connectivity index (χ4n) is 0.799. The van der Waals surface area contributed by atoms with E-state index in [-0.39, 0.29) is 5.78 Å². The number of thiophene rings is 1. The van der Waals surface area contributed by atoms with Crippen LogP contribution >= 0.6 is 23.1 Å². The van der Waals surface area contributed by atoms with Crippen molar-refractivity contribution in [2.45, 2.75) is 0 Å². The highest BCUT2D eigenvalue weighted by molar-refractivity contribution is 7.12. The van der Waals surface area contributed by atoms with Crippen molar-refractivity contribution < 1.29 is 4.79 Å². The maximum absolute atomic E-state index is 11.5. The highest BCUT2D eigenvalue weighted by Gasteiger charge is 2.11. The maximum Gasteiger partial charge on any atom is 0.224 e. The molecule has 0 aliphatic heterocycles. The Balaban J connectivity index is 2.34. The zero-order valence-corrected chi connectivity index (χ0v) is 7.56. The molecule has 2 heterocycles. The molecule has 2 aromatic heterocycles. The molecule has 2 rings (SSSR count). The topological polar surface area (TPSA) is 42.9 Å². The molecule has 0 aliphatic carbocycles. The quantitative estimate of drug-likeness (QED) is 0.688. The Hall–Kier alpha value is -1.07. The normalized spacial score (nSPS) is 10.0. The van der Waals surface area contributed by atoms with Crippen molar-refractivity contribution in [1.29, 1.82) is 0 Å². The van der Waals surface area contributed by atoms with E-state index in [1.165, 1.54) is 17.5 Å². The van der Waals surface area contributed by atoms with E-state index in [1.807, 2.05) is 11.4 Å². The molecule has 0 bridgehead atoms. The standard InChI is InChI=1S/C7H4N2OS2/c10-7(5-4-8-12-9-5)6-2-1-3-11-6/h1-4H. The Labute approximate surface area is 77.0 Å². The largest absolute Gasteiger partial charge is 0.286 e. The van der Waals surface area contributed by atoms with E-state index in [9.17, 15) is 4.79 Å². The van der Waals surface area contributed by atoms with Gasteiger partial charge in [-0.1, -0.05) is 6.07 Å². The van der Waals surface area contributed by atoms with Crippen molar-refractivity contribution in [3.05, 3.63) is 34.3 Å². The van der Waals surface area contributed by atoms with Crippen LogP contribution in [0, 0.1) is 0 Å². The van der Waals surface area contributed by atoms with Gasteiger partial charge in [0.15, 0.2) is 0 Å². The fourth-order valence-corrected chi connectivity index (χ4v) is 1.88. The van der Waals surface area contributed by atoms with Gasteiger partial charge in [0.25, 0.3) is 0 Å². The summed E-state index contributed by atoms with van der Waals surface area (Å²) in [5, 5.41) is 1.87. The second-order valence-corrected chi connectivity index (χ2v) is 3.60. The minimum absolute atomic E-state index is 0.0428. The van der Waals surface area contributed by atoms with Crippen LogP contribution in [-0.2, 0) is 0 Å². The Morgan fingerprint density at radius 1 is 1.50 bits per heavy atom.